The van der Waals surface area contributed by atoms with E-state index in [-0.39, 0.29) is 12.6 Å². The second-order valence-electron chi connectivity index (χ2n) is 5.70. The lowest BCUT2D eigenvalue weighted by Gasteiger charge is -2.27. The maximum atomic E-state index is 11.9. The highest BCUT2D eigenvalue weighted by Gasteiger charge is 2.16. The lowest BCUT2D eigenvalue weighted by atomic mass is 10.2. The SMILES string of the molecule is O=C(NCCC(O)COc1ccc2[nH]ncc2c1)N1CCOCC1. The van der Waals surface area contributed by atoms with E-state index < -0.39 is 6.10 Å². The van der Waals surface area contributed by atoms with Crippen LogP contribution in [0.1, 0.15) is 6.42 Å². The number of hydrogen-bond donors (Lipinski definition) is 3. The number of aliphatic hydroxyl groups excluding tert-OH is 1. The third-order valence-electron chi connectivity index (χ3n) is 3.91. The van der Waals surface area contributed by atoms with Gasteiger partial charge in [0.05, 0.1) is 31.0 Å². The molecule has 0 spiro atoms. The Morgan fingerprint density at radius 3 is 3.12 bits per heavy atom. The molecule has 0 aliphatic carbocycles. The van der Waals surface area contributed by atoms with Crippen molar-refractivity contribution in [3.63, 3.8) is 0 Å². The molecule has 8 nitrogen and oxygen atoms in total. The second kappa shape index (κ2) is 7.98. The quantitative estimate of drug-likeness (QED) is 0.723. The van der Waals surface area contributed by atoms with Crippen LogP contribution in [0.4, 0.5) is 4.79 Å². The minimum absolute atomic E-state index is 0.114. The number of nitrogens with zero attached hydrogens (tertiary/aromatic N) is 2. The summed E-state index contributed by atoms with van der Waals surface area (Å²) in [5.74, 6) is 0.681. The molecule has 1 fully saturated rings. The average Bonchev–Trinajstić information content (AvgIpc) is 3.08. The normalized spacial score (nSPS) is 16.1. The van der Waals surface area contributed by atoms with Crippen molar-refractivity contribution in [2.24, 2.45) is 0 Å². The molecule has 2 amide bonds. The molecule has 0 bridgehead atoms. The summed E-state index contributed by atoms with van der Waals surface area (Å²) >= 11 is 0. The number of rotatable bonds is 6. The maximum Gasteiger partial charge on any atom is 0.317 e. The molecule has 3 N–H and O–H groups in total. The number of amides is 2. The second-order valence-corrected chi connectivity index (χ2v) is 5.70. The molecular weight excluding hydrogens is 312 g/mol. The molecule has 1 aromatic heterocycles. The van der Waals surface area contributed by atoms with E-state index in [9.17, 15) is 9.90 Å². The molecule has 2 heterocycles. The Morgan fingerprint density at radius 1 is 1.46 bits per heavy atom. The van der Waals surface area contributed by atoms with E-state index >= 15 is 0 Å². The lowest BCUT2D eigenvalue weighted by molar-refractivity contribution is 0.0525. The standard InChI is InChI=1S/C16H22N4O4/c21-13(3-4-17-16(22)20-5-7-23-8-6-20)11-24-14-1-2-15-12(9-14)10-18-19-15/h1-2,9-10,13,21H,3-8,11H2,(H,17,22)(H,18,19). The van der Waals surface area contributed by atoms with Gasteiger partial charge in [-0.2, -0.15) is 5.10 Å². The molecule has 3 rings (SSSR count). The topological polar surface area (TPSA) is 99.7 Å². The Labute approximate surface area is 139 Å². The van der Waals surface area contributed by atoms with Crippen molar-refractivity contribution in [2.45, 2.75) is 12.5 Å². The molecule has 1 unspecified atom stereocenters. The van der Waals surface area contributed by atoms with E-state index in [1.54, 1.807) is 11.1 Å². The van der Waals surface area contributed by atoms with E-state index in [4.69, 9.17) is 9.47 Å². The molecule has 1 atom stereocenters. The zero-order chi connectivity index (χ0) is 16.8. The number of carbonyl (C=O) groups is 1. The summed E-state index contributed by atoms with van der Waals surface area (Å²) < 4.78 is 10.8. The first-order valence-electron chi connectivity index (χ1n) is 8.07. The number of fused-ring (bicyclic) bond motifs is 1. The van der Waals surface area contributed by atoms with Crippen molar-refractivity contribution in [1.82, 2.24) is 20.4 Å². The number of ether oxygens (including phenoxy) is 2. The van der Waals surface area contributed by atoms with Gasteiger partial charge >= 0.3 is 6.03 Å². The van der Waals surface area contributed by atoms with Gasteiger partial charge in [0, 0.05) is 25.0 Å². The van der Waals surface area contributed by atoms with Gasteiger partial charge in [0.15, 0.2) is 0 Å². The van der Waals surface area contributed by atoms with Crippen LogP contribution in [-0.2, 0) is 4.74 Å². The fourth-order valence-electron chi connectivity index (χ4n) is 2.51. The minimum Gasteiger partial charge on any atom is -0.491 e. The Balaban J connectivity index is 1.36. The summed E-state index contributed by atoms with van der Waals surface area (Å²) in [4.78, 5) is 13.6. The van der Waals surface area contributed by atoms with Gasteiger partial charge in [0.2, 0.25) is 0 Å². The van der Waals surface area contributed by atoms with Crippen molar-refractivity contribution < 1.29 is 19.4 Å². The number of urea groups is 1. The molecule has 130 valence electrons. The summed E-state index contributed by atoms with van der Waals surface area (Å²) in [5, 5.41) is 20.6. The highest BCUT2D eigenvalue weighted by molar-refractivity contribution is 5.79. The average molecular weight is 334 g/mol. The van der Waals surface area contributed by atoms with Crippen molar-refractivity contribution in [3.05, 3.63) is 24.4 Å². The van der Waals surface area contributed by atoms with Crippen molar-refractivity contribution >= 4 is 16.9 Å². The van der Waals surface area contributed by atoms with Gasteiger partial charge in [-0.1, -0.05) is 0 Å². The van der Waals surface area contributed by atoms with Crippen molar-refractivity contribution in [1.29, 1.82) is 0 Å². The van der Waals surface area contributed by atoms with Crippen LogP contribution in [0.25, 0.3) is 10.9 Å². The van der Waals surface area contributed by atoms with Gasteiger partial charge in [0.25, 0.3) is 0 Å². The van der Waals surface area contributed by atoms with E-state index in [2.05, 4.69) is 15.5 Å². The van der Waals surface area contributed by atoms with Crippen LogP contribution in [0.5, 0.6) is 5.75 Å². The zero-order valence-electron chi connectivity index (χ0n) is 13.4. The van der Waals surface area contributed by atoms with Crippen LogP contribution in [0.15, 0.2) is 24.4 Å². The van der Waals surface area contributed by atoms with E-state index in [0.717, 1.165) is 10.9 Å². The smallest absolute Gasteiger partial charge is 0.317 e. The molecule has 1 aliphatic heterocycles. The number of benzene rings is 1. The van der Waals surface area contributed by atoms with E-state index in [1.807, 2.05) is 18.2 Å². The van der Waals surface area contributed by atoms with Crippen LogP contribution >= 0.6 is 0 Å². The van der Waals surface area contributed by atoms with Crippen LogP contribution < -0.4 is 10.1 Å². The van der Waals surface area contributed by atoms with Crippen LogP contribution in [0.2, 0.25) is 0 Å². The molecule has 24 heavy (non-hydrogen) atoms. The van der Waals surface area contributed by atoms with Crippen LogP contribution in [-0.4, -0.2) is 71.8 Å². The number of nitrogens with one attached hydrogen (secondary N) is 2. The molecule has 8 heteroatoms. The Morgan fingerprint density at radius 2 is 2.29 bits per heavy atom. The van der Waals surface area contributed by atoms with Crippen molar-refractivity contribution in [2.75, 3.05) is 39.5 Å². The van der Waals surface area contributed by atoms with E-state index in [1.165, 1.54) is 0 Å². The molecule has 1 saturated heterocycles. The van der Waals surface area contributed by atoms with E-state index in [0.29, 0.717) is 45.0 Å². The van der Waals surface area contributed by atoms with Gasteiger partial charge in [-0.05, 0) is 24.6 Å². The number of aromatic nitrogens is 2. The summed E-state index contributed by atoms with van der Waals surface area (Å²) in [6, 6.07) is 5.46. The third kappa shape index (κ3) is 4.36. The fourth-order valence-corrected chi connectivity index (χ4v) is 2.51. The molecule has 2 aromatic rings. The zero-order valence-corrected chi connectivity index (χ0v) is 13.4. The number of carbonyl (C=O) groups excluding carboxylic acids is 1. The molecule has 0 radical (unpaired) electrons. The number of aromatic amines is 1. The van der Waals surface area contributed by atoms with Gasteiger partial charge < -0.3 is 24.8 Å². The first-order chi connectivity index (χ1) is 11.7. The van der Waals surface area contributed by atoms with Gasteiger partial charge in [0.1, 0.15) is 12.4 Å². The summed E-state index contributed by atoms with van der Waals surface area (Å²) in [7, 11) is 0. The highest BCUT2D eigenvalue weighted by Crippen LogP contribution is 2.18. The molecule has 1 aromatic carbocycles. The lowest BCUT2D eigenvalue weighted by Crippen LogP contribution is -2.46. The molecule has 0 saturated carbocycles. The number of morpholine rings is 1. The summed E-state index contributed by atoms with van der Waals surface area (Å²) in [5.41, 5.74) is 0.939. The largest absolute Gasteiger partial charge is 0.491 e. The first-order valence-corrected chi connectivity index (χ1v) is 8.07. The monoisotopic (exact) mass is 334 g/mol. The maximum absolute atomic E-state index is 11.9. The Bertz CT molecular complexity index is 669. The van der Waals surface area contributed by atoms with Gasteiger partial charge in [-0.15, -0.1) is 0 Å². The number of aliphatic hydroxyl groups is 1. The van der Waals surface area contributed by atoms with Gasteiger partial charge in [-0.25, -0.2) is 4.79 Å². The molecular formula is C16H22N4O4. The first kappa shape index (κ1) is 16.5. The summed E-state index contributed by atoms with van der Waals surface area (Å²) in [6.07, 6.45) is 1.51. The Hall–Kier alpha value is -2.32. The Kier molecular flexibility index (Phi) is 5.50. The summed E-state index contributed by atoms with van der Waals surface area (Å²) in [6.45, 7) is 2.94. The number of hydrogen-bond acceptors (Lipinski definition) is 5. The fraction of sp³-hybridized carbons (Fsp3) is 0.500. The van der Waals surface area contributed by atoms with Gasteiger partial charge in [-0.3, -0.25) is 5.10 Å². The predicted octanol–water partition coefficient (Wildman–Crippen LogP) is 0.734. The number of H-pyrrole nitrogens is 1. The third-order valence-corrected chi connectivity index (χ3v) is 3.91. The van der Waals surface area contributed by atoms with Crippen LogP contribution in [0, 0.1) is 0 Å². The van der Waals surface area contributed by atoms with Crippen LogP contribution in [0.3, 0.4) is 0 Å². The molecule has 1 aliphatic rings. The van der Waals surface area contributed by atoms with Crippen molar-refractivity contribution in [3.8, 4) is 5.75 Å². The minimum atomic E-state index is -0.643. The highest BCUT2D eigenvalue weighted by atomic mass is 16.5. The predicted molar refractivity (Wildman–Crippen MR) is 88.0 cm³/mol.